The highest BCUT2D eigenvalue weighted by molar-refractivity contribution is 5.80. The van der Waals surface area contributed by atoms with Crippen LogP contribution in [0.2, 0.25) is 0 Å². The van der Waals surface area contributed by atoms with Crippen molar-refractivity contribution in [2.75, 3.05) is 37.7 Å². The van der Waals surface area contributed by atoms with E-state index in [1.54, 1.807) is 0 Å². The van der Waals surface area contributed by atoms with Crippen LogP contribution < -0.4 is 9.64 Å². The normalized spacial score (nSPS) is 14.2. The molecule has 1 fully saturated rings. The van der Waals surface area contributed by atoms with E-state index in [9.17, 15) is 4.79 Å². The maximum Gasteiger partial charge on any atom is 0.222 e. The van der Waals surface area contributed by atoms with Crippen LogP contribution in [-0.2, 0) is 4.79 Å². The summed E-state index contributed by atoms with van der Waals surface area (Å²) >= 11 is 0. The summed E-state index contributed by atoms with van der Waals surface area (Å²) in [5.74, 6) is 2.15. The van der Waals surface area contributed by atoms with Gasteiger partial charge in [-0.05, 0) is 49.6 Å². The van der Waals surface area contributed by atoms with Crippen molar-refractivity contribution in [3.8, 4) is 5.75 Å². The molecular formula is C25H29N3O2. The molecule has 5 nitrogen and oxygen atoms in total. The minimum absolute atomic E-state index is 0.214. The van der Waals surface area contributed by atoms with Crippen LogP contribution in [0.15, 0.2) is 54.6 Å². The Balaban J connectivity index is 1.24. The number of carbonyl (C=O) groups is 1. The number of carbonyl (C=O) groups excluding carboxylic acids is 1. The quantitative estimate of drug-likeness (QED) is 0.574. The number of piperazine rings is 1. The third kappa shape index (κ3) is 4.56. The number of aryl methyl sites for hydroxylation is 2. The van der Waals surface area contributed by atoms with Crippen LogP contribution in [0.5, 0.6) is 5.75 Å². The maximum atomic E-state index is 12.6. The van der Waals surface area contributed by atoms with Crippen LogP contribution in [0, 0.1) is 13.8 Å². The van der Waals surface area contributed by atoms with Gasteiger partial charge in [-0.1, -0.05) is 36.4 Å². The van der Waals surface area contributed by atoms with E-state index in [0.29, 0.717) is 13.0 Å². The SMILES string of the molecule is Cc1cccc(C)c1OCCCC(=O)N1CCN(c2ccc3ccccc3n2)CC1. The second kappa shape index (κ2) is 9.16. The van der Waals surface area contributed by atoms with Crippen LogP contribution in [0.3, 0.4) is 0 Å². The molecule has 0 saturated carbocycles. The number of aromatic nitrogens is 1. The third-order valence-electron chi connectivity index (χ3n) is 5.73. The summed E-state index contributed by atoms with van der Waals surface area (Å²) in [6, 6.07) is 18.5. The molecule has 4 rings (SSSR count). The summed E-state index contributed by atoms with van der Waals surface area (Å²) in [7, 11) is 0. The Morgan fingerprint density at radius 3 is 2.43 bits per heavy atom. The summed E-state index contributed by atoms with van der Waals surface area (Å²) in [5.41, 5.74) is 3.29. The highest BCUT2D eigenvalue weighted by Crippen LogP contribution is 2.23. The van der Waals surface area contributed by atoms with Crippen molar-refractivity contribution in [1.82, 2.24) is 9.88 Å². The van der Waals surface area contributed by atoms with Crippen LogP contribution >= 0.6 is 0 Å². The van der Waals surface area contributed by atoms with Crippen molar-refractivity contribution in [3.63, 3.8) is 0 Å². The molecule has 0 N–H and O–H groups in total. The van der Waals surface area contributed by atoms with E-state index in [4.69, 9.17) is 9.72 Å². The van der Waals surface area contributed by atoms with Crippen molar-refractivity contribution >= 4 is 22.6 Å². The van der Waals surface area contributed by atoms with Gasteiger partial charge in [-0.2, -0.15) is 0 Å². The molecule has 1 aliphatic heterocycles. The number of anilines is 1. The van der Waals surface area contributed by atoms with Crippen molar-refractivity contribution in [2.45, 2.75) is 26.7 Å². The predicted octanol–water partition coefficient (Wildman–Crippen LogP) is 4.36. The van der Waals surface area contributed by atoms with Crippen molar-refractivity contribution in [3.05, 3.63) is 65.7 Å². The Morgan fingerprint density at radius 1 is 0.933 bits per heavy atom. The number of para-hydroxylation sites is 2. The van der Waals surface area contributed by atoms with E-state index in [1.165, 1.54) is 0 Å². The first-order valence-electron chi connectivity index (χ1n) is 10.7. The van der Waals surface area contributed by atoms with E-state index in [2.05, 4.69) is 49.1 Å². The zero-order valence-electron chi connectivity index (χ0n) is 17.8. The van der Waals surface area contributed by atoms with Crippen LogP contribution in [-0.4, -0.2) is 48.6 Å². The zero-order valence-corrected chi connectivity index (χ0v) is 17.8. The van der Waals surface area contributed by atoms with Gasteiger partial charge < -0.3 is 14.5 Å². The summed E-state index contributed by atoms with van der Waals surface area (Å²) in [5, 5.41) is 1.15. The second-order valence-electron chi connectivity index (χ2n) is 7.90. The monoisotopic (exact) mass is 403 g/mol. The number of ether oxygens (including phenoxy) is 1. The topological polar surface area (TPSA) is 45.7 Å². The fourth-order valence-electron chi connectivity index (χ4n) is 4.00. The molecule has 0 aliphatic carbocycles. The Hall–Kier alpha value is -3.08. The number of benzene rings is 2. The minimum atomic E-state index is 0.214. The number of hydrogen-bond acceptors (Lipinski definition) is 4. The number of fused-ring (bicyclic) bond motifs is 1. The molecule has 0 radical (unpaired) electrons. The minimum Gasteiger partial charge on any atom is -0.493 e. The van der Waals surface area contributed by atoms with Crippen molar-refractivity contribution in [2.24, 2.45) is 0 Å². The molecule has 1 amide bonds. The molecular weight excluding hydrogens is 374 g/mol. The summed E-state index contributed by atoms with van der Waals surface area (Å²) < 4.78 is 5.93. The molecule has 0 atom stereocenters. The highest BCUT2D eigenvalue weighted by Gasteiger charge is 2.21. The fourth-order valence-corrected chi connectivity index (χ4v) is 4.00. The number of pyridine rings is 1. The number of rotatable bonds is 6. The smallest absolute Gasteiger partial charge is 0.222 e. The second-order valence-corrected chi connectivity index (χ2v) is 7.90. The van der Waals surface area contributed by atoms with Crippen LogP contribution in [0.1, 0.15) is 24.0 Å². The molecule has 156 valence electrons. The van der Waals surface area contributed by atoms with Crippen LogP contribution in [0.4, 0.5) is 5.82 Å². The van der Waals surface area contributed by atoms with E-state index in [0.717, 1.165) is 66.2 Å². The largest absolute Gasteiger partial charge is 0.493 e. The molecule has 2 heterocycles. The standard InChI is InChI=1S/C25H29N3O2/c1-19-7-5-8-20(2)25(19)30-18-6-11-24(29)28-16-14-27(15-17-28)23-13-12-21-9-3-4-10-22(21)26-23/h3-5,7-10,12-13H,6,11,14-18H2,1-2H3. The van der Waals surface area contributed by atoms with Gasteiger partial charge in [0.05, 0.1) is 12.1 Å². The molecule has 1 saturated heterocycles. The van der Waals surface area contributed by atoms with Gasteiger partial charge in [-0.3, -0.25) is 4.79 Å². The fraction of sp³-hybridized carbons (Fsp3) is 0.360. The first-order chi connectivity index (χ1) is 14.6. The van der Waals surface area contributed by atoms with Gasteiger partial charge in [0.2, 0.25) is 5.91 Å². The van der Waals surface area contributed by atoms with Gasteiger partial charge >= 0.3 is 0 Å². The molecule has 5 heteroatoms. The van der Waals surface area contributed by atoms with Gasteiger partial charge in [0.1, 0.15) is 11.6 Å². The molecule has 0 spiro atoms. The maximum absolute atomic E-state index is 12.6. The Morgan fingerprint density at radius 2 is 1.67 bits per heavy atom. The lowest BCUT2D eigenvalue weighted by Gasteiger charge is -2.35. The summed E-state index contributed by atoms with van der Waals surface area (Å²) in [6.45, 7) is 7.79. The first kappa shape index (κ1) is 20.2. The van der Waals surface area contributed by atoms with Gasteiger partial charge in [0.15, 0.2) is 0 Å². The molecule has 1 aromatic heterocycles. The Labute approximate surface area is 178 Å². The molecule has 0 unspecified atom stereocenters. The van der Waals surface area contributed by atoms with Gasteiger partial charge in [0.25, 0.3) is 0 Å². The van der Waals surface area contributed by atoms with Crippen molar-refractivity contribution < 1.29 is 9.53 Å². The van der Waals surface area contributed by atoms with E-state index in [1.807, 2.05) is 29.2 Å². The van der Waals surface area contributed by atoms with E-state index in [-0.39, 0.29) is 5.91 Å². The highest BCUT2D eigenvalue weighted by atomic mass is 16.5. The zero-order chi connectivity index (χ0) is 20.9. The summed E-state index contributed by atoms with van der Waals surface area (Å²) in [6.07, 6.45) is 1.26. The first-order valence-corrected chi connectivity index (χ1v) is 10.7. The van der Waals surface area contributed by atoms with E-state index < -0.39 is 0 Å². The average Bonchev–Trinajstić information content (AvgIpc) is 2.78. The molecule has 2 aromatic carbocycles. The Kier molecular flexibility index (Phi) is 6.17. The molecule has 3 aromatic rings. The number of amides is 1. The Bertz CT molecular complexity index is 1010. The lowest BCUT2D eigenvalue weighted by atomic mass is 10.1. The third-order valence-corrected chi connectivity index (χ3v) is 5.73. The number of nitrogens with zero attached hydrogens (tertiary/aromatic N) is 3. The molecule has 0 bridgehead atoms. The van der Waals surface area contributed by atoms with E-state index >= 15 is 0 Å². The van der Waals surface area contributed by atoms with Gasteiger partial charge in [0, 0.05) is 38.0 Å². The average molecular weight is 404 g/mol. The van der Waals surface area contributed by atoms with Crippen molar-refractivity contribution in [1.29, 1.82) is 0 Å². The molecule has 30 heavy (non-hydrogen) atoms. The predicted molar refractivity (Wildman–Crippen MR) is 121 cm³/mol. The molecule has 1 aliphatic rings. The van der Waals surface area contributed by atoms with Crippen LogP contribution in [0.25, 0.3) is 10.9 Å². The van der Waals surface area contributed by atoms with Gasteiger partial charge in [-0.25, -0.2) is 4.98 Å². The summed E-state index contributed by atoms with van der Waals surface area (Å²) in [4.78, 5) is 21.6. The number of hydrogen-bond donors (Lipinski definition) is 0. The lowest BCUT2D eigenvalue weighted by Crippen LogP contribution is -2.49. The van der Waals surface area contributed by atoms with Gasteiger partial charge in [-0.15, -0.1) is 0 Å². The lowest BCUT2D eigenvalue weighted by molar-refractivity contribution is -0.131.